The van der Waals surface area contributed by atoms with Crippen molar-refractivity contribution in [3.05, 3.63) is 12.2 Å². The van der Waals surface area contributed by atoms with Crippen molar-refractivity contribution in [1.82, 2.24) is 5.32 Å². The lowest BCUT2D eigenvalue weighted by Gasteiger charge is -2.20. The highest BCUT2D eigenvalue weighted by molar-refractivity contribution is 5.76. The maximum atomic E-state index is 12.5. The van der Waals surface area contributed by atoms with Crippen molar-refractivity contribution in [2.45, 2.75) is 418 Å². The smallest absolute Gasteiger partial charge is 0.305 e. The molecule has 3 N–H and O–H groups in total. The van der Waals surface area contributed by atoms with E-state index >= 15 is 0 Å². The lowest BCUT2D eigenvalue weighted by molar-refractivity contribution is -0.143. The highest BCUT2D eigenvalue weighted by Crippen LogP contribution is 2.19. The fraction of sp³-hybridized carbons (Fsp3) is 0.944. The number of allylic oxidation sites excluding steroid dienone is 1. The lowest BCUT2D eigenvalue weighted by Crippen LogP contribution is -2.45. The predicted octanol–water partition coefficient (Wildman–Crippen LogP) is 22.8. The van der Waals surface area contributed by atoms with Crippen LogP contribution in [-0.4, -0.2) is 47.4 Å². The van der Waals surface area contributed by atoms with Crippen molar-refractivity contribution < 1.29 is 24.5 Å². The average molecular weight is 1090 g/mol. The molecule has 6 heteroatoms. The number of esters is 1. The molecule has 0 spiro atoms. The summed E-state index contributed by atoms with van der Waals surface area (Å²) in [6.45, 7) is 4.95. The fourth-order valence-corrected chi connectivity index (χ4v) is 11.4. The Hall–Kier alpha value is -1.40. The molecule has 458 valence electrons. The van der Waals surface area contributed by atoms with E-state index in [9.17, 15) is 19.8 Å². The van der Waals surface area contributed by atoms with Gasteiger partial charge in [0.2, 0.25) is 5.91 Å². The Kier molecular flexibility index (Phi) is 65.9. The number of aliphatic hydroxyl groups excluding tert-OH is 2. The van der Waals surface area contributed by atoms with Crippen LogP contribution in [0.25, 0.3) is 0 Å². The van der Waals surface area contributed by atoms with Gasteiger partial charge in [-0.3, -0.25) is 9.59 Å². The Labute approximate surface area is 482 Å². The second-order valence-corrected chi connectivity index (χ2v) is 24.6. The third-order valence-corrected chi connectivity index (χ3v) is 16.8. The number of nitrogens with one attached hydrogen (secondary N) is 1. The molecule has 1 amide bonds. The van der Waals surface area contributed by atoms with Crippen LogP contribution in [0.15, 0.2) is 12.2 Å². The minimum absolute atomic E-state index is 0.0222. The van der Waals surface area contributed by atoms with Gasteiger partial charge in [-0.1, -0.05) is 373 Å². The highest BCUT2D eigenvalue weighted by Gasteiger charge is 2.18. The van der Waals surface area contributed by atoms with Crippen LogP contribution in [0, 0.1) is 0 Å². The van der Waals surface area contributed by atoms with Crippen LogP contribution >= 0.6 is 0 Å². The second kappa shape index (κ2) is 67.1. The summed E-state index contributed by atoms with van der Waals surface area (Å²) in [7, 11) is 0. The minimum Gasteiger partial charge on any atom is -0.466 e. The van der Waals surface area contributed by atoms with Crippen molar-refractivity contribution in [2.75, 3.05) is 13.2 Å². The topological polar surface area (TPSA) is 95.9 Å². The summed E-state index contributed by atoms with van der Waals surface area (Å²) in [6.07, 6.45) is 83.0. The minimum atomic E-state index is -0.841. The molecule has 0 aromatic heterocycles. The average Bonchev–Trinajstić information content (AvgIpc) is 3.43. The Bertz CT molecular complexity index is 1160. The molecule has 0 saturated heterocycles. The molecule has 2 unspecified atom stereocenters. The maximum absolute atomic E-state index is 12.5. The molecule has 0 aliphatic carbocycles. The molecule has 0 aromatic rings. The van der Waals surface area contributed by atoms with Crippen LogP contribution in [0.5, 0.6) is 0 Å². The molecule has 2 atom stereocenters. The van der Waals surface area contributed by atoms with Gasteiger partial charge in [0.05, 0.1) is 25.4 Å². The van der Waals surface area contributed by atoms with E-state index in [4.69, 9.17) is 4.74 Å². The molecule has 0 bridgehead atoms. The van der Waals surface area contributed by atoms with Gasteiger partial charge in [-0.25, -0.2) is 0 Å². The summed E-state index contributed by atoms with van der Waals surface area (Å²) >= 11 is 0. The van der Waals surface area contributed by atoms with Crippen LogP contribution < -0.4 is 5.32 Å². The normalized spacial score (nSPS) is 12.5. The molecule has 0 aliphatic heterocycles. The summed E-state index contributed by atoms with van der Waals surface area (Å²) in [5.74, 6) is -0.0382. The number of carbonyl (C=O) groups excluding carboxylic acids is 2. The summed E-state index contributed by atoms with van der Waals surface area (Å²) in [5.41, 5.74) is 0. The van der Waals surface area contributed by atoms with E-state index in [1.165, 1.54) is 340 Å². The Morgan fingerprint density at radius 1 is 0.351 bits per heavy atom. The van der Waals surface area contributed by atoms with E-state index in [1.54, 1.807) is 6.08 Å². The van der Waals surface area contributed by atoms with Gasteiger partial charge < -0.3 is 20.3 Å². The second-order valence-electron chi connectivity index (χ2n) is 24.6. The van der Waals surface area contributed by atoms with E-state index in [0.29, 0.717) is 19.4 Å². The van der Waals surface area contributed by atoms with Gasteiger partial charge in [0.25, 0.3) is 0 Å². The van der Waals surface area contributed by atoms with Crippen LogP contribution in [0.2, 0.25) is 0 Å². The molecule has 0 radical (unpaired) electrons. The molecule has 0 heterocycles. The number of rotatable bonds is 67. The van der Waals surface area contributed by atoms with Crippen molar-refractivity contribution in [2.24, 2.45) is 0 Å². The van der Waals surface area contributed by atoms with Crippen molar-refractivity contribution >= 4 is 11.9 Å². The van der Waals surface area contributed by atoms with Gasteiger partial charge in [-0.05, 0) is 32.1 Å². The van der Waals surface area contributed by atoms with E-state index in [1.807, 2.05) is 6.08 Å². The predicted molar refractivity (Wildman–Crippen MR) is 338 cm³/mol. The quantitative estimate of drug-likeness (QED) is 0.0320. The van der Waals surface area contributed by atoms with Gasteiger partial charge in [-0.2, -0.15) is 0 Å². The van der Waals surface area contributed by atoms with E-state index in [-0.39, 0.29) is 18.5 Å². The van der Waals surface area contributed by atoms with E-state index in [2.05, 4.69) is 19.2 Å². The van der Waals surface area contributed by atoms with Gasteiger partial charge in [0.1, 0.15) is 0 Å². The molecular formula is C71H139NO5. The van der Waals surface area contributed by atoms with Crippen molar-refractivity contribution in [1.29, 1.82) is 0 Å². The monoisotopic (exact) mass is 1090 g/mol. The molecular weight excluding hydrogens is 947 g/mol. The molecule has 0 rings (SSSR count). The standard InChI is InChI=1S/C71H139NO5/c1-3-5-7-9-11-13-15-17-18-33-36-40-43-47-51-55-59-63-69(74)68(67-73)72-70(75)64-60-56-52-48-44-41-37-34-31-29-27-25-23-21-19-20-22-24-26-28-30-32-35-38-42-46-50-54-58-62-66-77-71(76)65-61-57-53-49-45-39-16-14-12-10-8-6-4-2/h59,63,68-69,73-74H,3-58,60-62,64-67H2,1-2H3,(H,72,75)/b63-59+. The Balaban J connectivity index is 3.34. The van der Waals surface area contributed by atoms with E-state index in [0.717, 1.165) is 38.5 Å². The van der Waals surface area contributed by atoms with Crippen LogP contribution in [-0.2, 0) is 14.3 Å². The summed E-state index contributed by atoms with van der Waals surface area (Å²) in [5, 5.41) is 23.2. The number of hydrogen-bond acceptors (Lipinski definition) is 5. The molecule has 0 saturated carbocycles. The van der Waals surface area contributed by atoms with Crippen molar-refractivity contribution in [3.63, 3.8) is 0 Å². The molecule has 0 aromatic carbocycles. The third-order valence-electron chi connectivity index (χ3n) is 16.8. The number of carbonyl (C=O) groups is 2. The number of aliphatic hydroxyl groups is 2. The first-order chi connectivity index (χ1) is 38.0. The zero-order valence-corrected chi connectivity index (χ0v) is 52.5. The Morgan fingerprint density at radius 2 is 0.597 bits per heavy atom. The van der Waals surface area contributed by atoms with Crippen LogP contribution in [0.4, 0.5) is 0 Å². The van der Waals surface area contributed by atoms with E-state index < -0.39 is 12.1 Å². The van der Waals surface area contributed by atoms with Gasteiger partial charge in [-0.15, -0.1) is 0 Å². The SMILES string of the molecule is CCCCCCCCCCCCCCCCC/C=C/C(O)C(CO)NC(=O)CCCCCCCCCCCCCCCCCCCCCCCCCCCCCCCCOC(=O)CCCCCCCCCCCCCCC. The zero-order valence-electron chi connectivity index (χ0n) is 52.5. The van der Waals surface area contributed by atoms with Gasteiger partial charge >= 0.3 is 5.97 Å². The van der Waals surface area contributed by atoms with Gasteiger partial charge in [0, 0.05) is 12.8 Å². The Morgan fingerprint density at radius 3 is 0.883 bits per heavy atom. The maximum Gasteiger partial charge on any atom is 0.305 e. The lowest BCUT2D eigenvalue weighted by atomic mass is 10.0. The first-order valence-electron chi connectivity index (χ1n) is 35.5. The molecule has 6 nitrogen and oxygen atoms in total. The fourth-order valence-electron chi connectivity index (χ4n) is 11.4. The number of unbranched alkanes of at least 4 members (excludes halogenated alkanes) is 56. The summed E-state index contributed by atoms with van der Waals surface area (Å²) in [4.78, 5) is 24.5. The summed E-state index contributed by atoms with van der Waals surface area (Å²) < 4.78 is 5.49. The van der Waals surface area contributed by atoms with Gasteiger partial charge in [0.15, 0.2) is 0 Å². The third kappa shape index (κ3) is 63.6. The molecule has 0 aliphatic rings. The highest BCUT2D eigenvalue weighted by atomic mass is 16.5. The van der Waals surface area contributed by atoms with Crippen LogP contribution in [0.1, 0.15) is 406 Å². The molecule has 77 heavy (non-hydrogen) atoms. The number of ether oxygens (including phenoxy) is 1. The largest absolute Gasteiger partial charge is 0.466 e. The summed E-state index contributed by atoms with van der Waals surface area (Å²) in [6, 6.07) is -0.624. The first kappa shape index (κ1) is 75.6. The van der Waals surface area contributed by atoms with Crippen LogP contribution in [0.3, 0.4) is 0 Å². The number of amides is 1. The molecule has 0 fully saturated rings. The van der Waals surface area contributed by atoms with Crippen molar-refractivity contribution in [3.8, 4) is 0 Å². The zero-order chi connectivity index (χ0) is 55.7. The number of hydrogen-bond donors (Lipinski definition) is 3. The first-order valence-corrected chi connectivity index (χ1v) is 35.5.